The van der Waals surface area contributed by atoms with Gasteiger partial charge in [0.1, 0.15) is 11.6 Å². The van der Waals surface area contributed by atoms with Crippen molar-refractivity contribution < 1.29 is 9.53 Å². The number of halogens is 1. The van der Waals surface area contributed by atoms with Gasteiger partial charge in [0.15, 0.2) is 6.61 Å². The fourth-order valence-electron chi connectivity index (χ4n) is 2.67. The molecule has 3 rings (SSSR count). The zero-order chi connectivity index (χ0) is 16.8. The summed E-state index contributed by atoms with van der Waals surface area (Å²) in [6, 6.07) is 10.9. The number of nitrogens with zero attached hydrogens (tertiary/aromatic N) is 2. The molecule has 0 spiro atoms. The van der Waals surface area contributed by atoms with Gasteiger partial charge in [-0.1, -0.05) is 23.7 Å². The first-order valence-electron chi connectivity index (χ1n) is 8.10. The third-order valence-corrected chi connectivity index (χ3v) is 4.22. The molecule has 5 nitrogen and oxygen atoms in total. The topological polar surface area (TPSA) is 54.5 Å². The number of carbonyl (C=O) groups is 1. The Morgan fingerprint density at radius 3 is 2.67 bits per heavy atom. The lowest BCUT2D eigenvalue weighted by Crippen LogP contribution is -2.30. The molecule has 1 N–H and O–H groups in total. The van der Waals surface area contributed by atoms with Crippen molar-refractivity contribution in [2.45, 2.75) is 19.3 Å². The second-order valence-electron chi connectivity index (χ2n) is 5.72. The SMILES string of the molecule is O=C(COc1ccccc1Cl)Nc1ccc(N2CCCCC2)nc1. The summed E-state index contributed by atoms with van der Waals surface area (Å²) in [7, 11) is 0. The van der Waals surface area contributed by atoms with Crippen LogP contribution in [0.15, 0.2) is 42.6 Å². The Morgan fingerprint density at radius 1 is 1.17 bits per heavy atom. The van der Waals surface area contributed by atoms with Gasteiger partial charge in [-0.25, -0.2) is 4.98 Å². The second kappa shape index (κ2) is 8.02. The van der Waals surface area contributed by atoms with Gasteiger partial charge in [-0.15, -0.1) is 0 Å². The molecule has 1 aliphatic heterocycles. The molecule has 0 bridgehead atoms. The van der Waals surface area contributed by atoms with Crippen LogP contribution in [-0.4, -0.2) is 30.6 Å². The molecule has 0 unspecified atom stereocenters. The molecule has 2 aromatic rings. The third-order valence-electron chi connectivity index (χ3n) is 3.91. The van der Waals surface area contributed by atoms with Gasteiger partial charge in [-0.3, -0.25) is 4.79 Å². The summed E-state index contributed by atoms with van der Waals surface area (Å²) in [5.74, 6) is 1.20. The number of anilines is 2. The zero-order valence-electron chi connectivity index (χ0n) is 13.4. The highest BCUT2D eigenvalue weighted by molar-refractivity contribution is 6.32. The Bertz CT molecular complexity index is 685. The van der Waals surface area contributed by atoms with Gasteiger partial charge >= 0.3 is 0 Å². The lowest BCUT2D eigenvalue weighted by atomic mass is 10.1. The summed E-state index contributed by atoms with van der Waals surface area (Å²) in [6.07, 6.45) is 5.38. The van der Waals surface area contributed by atoms with Gasteiger partial charge in [-0.05, 0) is 43.5 Å². The third kappa shape index (κ3) is 4.38. The maximum absolute atomic E-state index is 12.0. The molecular weight excluding hydrogens is 326 g/mol. The number of hydrogen-bond donors (Lipinski definition) is 1. The van der Waals surface area contributed by atoms with Crippen LogP contribution in [0.5, 0.6) is 5.75 Å². The summed E-state index contributed by atoms with van der Waals surface area (Å²) in [4.78, 5) is 18.7. The van der Waals surface area contributed by atoms with E-state index in [0.717, 1.165) is 18.9 Å². The van der Waals surface area contributed by atoms with Crippen LogP contribution in [-0.2, 0) is 4.79 Å². The van der Waals surface area contributed by atoms with E-state index in [1.54, 1.807) is 18.3 Å². The summed E-state index contributed by atoms with van der Waals surface area (Å²) in [5.41, 5.74) is 0.656. The predicted octanol–water partition coefficient (Wildman–Crippen LogP) is 3.74. The summed E-state index contributed by atoms with van der Waals surface area (Å²) >= 11 is 5.99. The average molecular weight is 346 g/mol. The van der Waals surface area contributed by atoms with E-state index in [-0.39, 0.29) is 12.5 Å². The second-order valence-corrected chi connectivity index (χ2v) is 6.13. The van der Waals surface area contributed by atoms with Crippen molar-refractivity contribution in [2.75, 3.05) is 29.9 Å². The largest absolute Gasteiger partial charge is 0.482 e. The van der Waals surface area contributed by atoms with Crippen LogP contribution in [0.3, 0.4) is 0 Å². The number of piperidine rings is 1. The highest BCUT2D eigenvalue weighted by Gasteiger charge is 2.12. The number of amides is 1. The fourth-order valence-corrected chi connectivity index (χ4v) is 2.86. The molecule has 24 heavy (non-hydrogen) atoms. The van der Waals surface area contributed by atoms with E-state index >= 15 is 0 Å². The number of rotatable bonds is 5. The molecule has 0 radical (unpaired) electrons. The van der Waals surface area contributed by atoms with Crippen LogP contribution in [0.2, 0.25) is 5.02 Å². The molecule has 1 aromatic heterocycles. The van der Waals surface area contributed by atoms with Crippen molar-refractivity contribution in [1.29, 1.82) is 0 Å². The number of para-hydroxylation sites is 1. The molecule has 126 valence electrons. The van der Waals surface area contributed by atoms with Crippen LogP contribution in [0.1, 0.15) is 19.3 Å². The van der Waals surface area contributed by atoms with E-state index in [0.29, 0.717) is 16.5 Å². The Labute approximate surface area is 146 Å². The molecule has 1 fully saturated rings. The lowest BCUT2D eigenvalue weighted by molar-refractivity contribution is -0.118. The van der Waals surface area contributed by atoms with Gasteiger partial charge in [0.2, 0.25) is 0 Å². The Morgan fingerprint density at radius 2 is 1.96 bits per heavy atom. The van der Waals surface area contributed by atoms with Crippen LogP contribution >= 0.6 is 11.6 Å². The molecule has 1 saturated heterocycles. The molecule has 6 heteroatoms. The van der Waals surface area contributed by atoms with Crippen molar-refractivity contribution in [3.8, 4) is 5.75 Å². The van der Waals surface area contributed by atoms with E-state index in [1.165, 1.54) is 19.3 Å². The highest BCUT2D eigenvalue weighted by atomic mass is 35.5. The van der Waals surface area contributed by atoms with Gasteiger partial charge in [0.25, 0.3) is 5.91 Å². The monoisotopic (exact) mass is 345 g/mol. The molecular formula is C18H20ClN3O2. The van der Waals surface area contributed by atoms with E-state index in [4.69, 9.17) is 16.3 Å². The molecule has 2 heterocycles. The standard InChI is InChI=1S/C18H20ClN3O2/c19-15-6-2-3-7-16(15)24-13-18(23)21-14-8-9-17(20-12-14)22-10-4-1-5-11-22/h2-3,6-9,12H,1,4-5,10-11,13H2,(H,21,23). The summed E-state index contributed by atoms with van der Waals surface area (Å²) < 4.78 is 5.42. The minimum Gasteiger partial charge on any atom is -0.482 e. The first-order valence-corrected chi connectivity index (χ1v) is 8.48. The number of benzene rings is 1. The molecule has 0 atom stereocenters. The Kier molecular flexibility index (Phi) is 5.54. The number of hydrogen-bond acceptors (Lipinski definition) is 4. The number of nitrogens with one attached hydrogen (secondary N) is 1. The van der Waals surface area contributed by atoms with Gasteiger partial charge in [-0.2, -0.15) is 0 Å². The maximum Gasteiger partial charge on any atom is 0.262 e. The quantitative estimate of drug-likeness (QED) is 0.896. The molecule has 0 saturated carbocycles. The number of aromatic nitrogens is 1. The Hall–Kier alpha value is -2.27. The smallest absolute Gasteiger partial charge is 0.262 e. The van der Waals surface area contributed by atoms with E-state index < -0.39 is 0 Å². The molecule has 1 aliphatic rings. The van der Waals surface area contributed by atoms with E-state index in [1.807, 2.05) is 24.3 Å². The first-order chi connectivity index (χ1) is 11.7. The van der Waals surface area contributed by atoms with E-state index in [2.05, 4.69) is 15.2 Å². The average Bonchev–Trinajstić information content (AvgIpc) is 2.62. The zero-order valence-corrected chi connectivity index (χ0v) is 14.1. The molecule has 0 aliphatic carbocycles. The van der Waals surface area contributed by atoms with Crippen molar-refractivity contribution in [3.63, 3.8) is 0 Å². The molecule has 1 amide bonds. The molecule has 1 aromatic carbocycles. The van der Waals surface area contributed by atoms with Gasteiger partial charge in [0.05, 0.1) is 16.9 Å². The normalized spacial score (nSPS) is 14.3. The van der Waals surface area contributed by atoms with Crippen LogP contribution in [0.25, 0.3) is 0 Å². The maximum atomic E-state index is 12.0. The van der Waals surface area contributed by atoms with Crippen molar-refractivity contribution >= 4 is 29.0 Å². The highest BCUT2D eigenvalue weighted by Crippen LogP contribution is 2.23. The summed E-state index contributed by atoms with van der Waals surface area (Å²) in [5, 5.41) is 3.26. The number of carbonyl (C=O) groups excluding carboxylic acids is 1. The first kappa shape index (κ1) is 16.6. The Balaban J connectivity index is 1.52. The lowest BCUT2D eigenvalue weighted by Gasteiger charge is -2.27. The number of ether oxygens (including phenoxy) is 1. The van der Waals surface area contributed by atoms with Crippen molar-refractivity contribution in [2.24, 2.45) is 0 Å². The number of pyridine rings is 1. The van der Waals surface area contributed by atoms with Crippen LogP contribution in [0.4, 0.5) is 11.5 Å². The van der Waals surface area contributed by atoms with Crippen molar-refractivity contribution in [3.05, 3.63) is 47.6 Å². The van der Waals surface area contributed by atoms with Gasteiger partial charge < -0.3 is 15.0 Å². The van der Waals surface area contributed by atoms with Crippen LogP contribution in [0, 0.1) is 0 Å². The fraction of sp³-hybridized carbons (Fsp3) is 0.333. The minimum absolute atomic E-state index is 0.0996. The predicted molar refractivity (Wildman–Crippen MR) is 95.9 cm³/mol. The van der Waals surface area contributed by atoms with E-state index in [9.17, 15) is 4.79 Å². The van der Waals surface area contributed by atoms with Crippen molar-refractivity contribution in [1.82, 2.24) is 4.98 Å². The summed E-state index contributed by atoms with van der Waals surface area (Å²) in [6.45, 7) is 1.99. The van der Waals surface area contributed by atoms with Gasteiger partial charge in [0, 0.05) is 13.1 Å². The van der Waals surface area contributed by atoms with Crippen LogP contribution < -0.4 is 15.0 Å². The minimum atomic E-state index is -0.248.